The van der Waals surface area contributed by atoms with Crippen LogP contribution in [0, 0.1) is 5.92 Å². The summed E-state index contributed by atoms with van der Waals surface area (Å²) in [5, 5.41) is 3.43. The van der Waals surface area contributed by atoms with Crippen molar-refractivity contribution in [3.05, 3.63) is 0 Å². The minimum atomic E-state index is 0.175. The zero-order chi connectivity index (χ0) is 12.0. The fraction of sp³-hybridized carbons (Fsp3) is 0.923. The Morgan fingerprint density at radius 2 is 1.94 bits per heavy atom. The highest BCUT2D eigenvalue weighted by Gasteiger charge is 2.22. The number of rotatable bonds is 5. The van der Waals surface area contributed by atoms with E-state index in [0.717, 1.165) is 12.3 Å². The van der Waals surface area contributed by atoms with Gasteiger partial charge in [-0.3, -0.25) is 4.79 Å². The largest absolute Gasteiger partial charge is 0.348 e. The van der Waals surface area contributed by atoms with E-state index >= 15 is 0 Å². The molecule has 1 unspecified atom stereocenters. The number of hydrogen-bond acceptors (Lipinski definition) is 2. The molecule has 0 spiro atoms. The zero-order valence-corrected chi connectivity index (χ0v) is 11.0. The first kappa shape index (κ1) is 13.5. The highest BCUT2D eigenvalue weighted by molar-refractivity contribution is 5.77. The molecule has 0 aromatic heterocycles. The van der Waals surface area contributed by atoms with E-state index in [0.29, 0.717) is 12.6 Å². The quantitative estimate of drug-likeness (QED) is 0.778. The summed E-state index contributed by atoms with van der Waals surface area (Å²) in [6.07, 6.45) is 7.92. The maximum Gasteiger partial charge on any atom is 0.236 e. The summed E-state index contributed by atoms with van der Waals surface area (Å²) in [5.74, 6) is 0.961. The molecule has 3 heteroatoms. The van der Waals surface area contributed by atoms with Crippen molar-refractivity contribution in [3.63, 3.8) is 0 Å². The lowest BCUT2D eigenvalue weighted by Gasteiger charge is -2.30. The first-order valence-electron chi connectivity index (χ1n) is 6.58. The van der Waals surface area contributed by atoms with Gasteiger partial charge >= 0.3 is 0 Å². The van der Waals surface area contributed by atoms with Crippen molar-refractivity contribution in [2.75, 3.05) is 20.6 Å². The van der Waals surface area contributed by atoms with Gasteiger partial charge in [0.2, 0.25) is 5.91 Å². The second-order valence-electron chi connectivity index (χ2n) is 5.08. The van der Waals surface area contributed by atoms with Crippen LogP contribution in [0.2, 0.25) is 0 Å². The molecule has 1 rings (SSSR count). The third-order valence-corrected chi connectivity index (χ3v) is 3.67. The SMILES string of the molecule is CCC(NCC(=O)N(C)C)C1CCCCC1. The van der Waals surface area contributed by atoms with Crippen LogP contribution in [0.3, 0.4) is 0 Å². The Labute approximate surface area is 99.6 Å². The molecule has 1 aliphatic rings. The molecule has 1 aliphatic carbocycles. The topological polar surface area (TPSA) is 32.3 Å². The maximum absolute atomic E-state index is 11.5. The number of likely N-dealkylation sites (N-methyl/N-ethyl adjacent to an activating group) is 1. The molecule has 16 heavy (non-hydrogen) atoms. The van der Waals surface area contributed by atoms with Gasteiger partial charge < -0.3 is 10.2 Å². The van der Waals surface area contributed by atoms with Crippen LogP contribution >= 0.6 is 0 Å². The van der Waals surface area contributed by atoms with Crippen LogP contribution in [0.1, 0.15) is 45.4 Å². The van der Waals surface area contributed by atoms with Crippen molar-refractivity contribution >= 4 is 5.91 Å². The number of carbonyl (C=O) groups is 1. The van der Waals surface area contributed by atoms with Crippen LogP contribution in [-0.2, 0) is 4.79 Å². The third-order valence-electron chi connectivity index (χ3n) is 3.67. The molecule has 0 heterocycles. The molecule has 3 nitrogen and oxygen atoms in total. The molecular formula is C13H26N2O. The predicted molar refractivity (Wildman–Crippen MR) is 67.4 cm³/mol. The lowest BCUT2D eigenvalue weighted by molar-refractivity contribution is -0.127. The van der Waals surface area contributed by atoms with E-state index in [1.807, 2.05) is 14.1 Å². The van der Waals surface area contributed by atoms with Crippen LogP contribution < -0.4 is 5.32 Å². The first-order valence-corrected chi connectivity index (χ1v) is 6.58. The number of amides is 1. The molecule has 0 aromatic carbocycles. The lowest BCUT2D eigenvalue weighted by atomic mass is 9.83. The molecule has 0 aliphatic heterocycles. The Bertz CT molecular complexity index is 210. The number of carbonyl (C=O) groups excluding carboxylic acids is 1. The predicted octanol–water partition coefficient (Wildman–Crippen LogP) is 2.02. The molecule has 0 aromatic rings. The van der Waals surface area contributed by atoms with Gasteiger partial charge in [0, 0.05) is 20.1 Å². The summed E-state index contributed by atoms with van der Waals surface area (Å²) in [5.41, 5.74) is 0. The van der Waals surface area contributed by atoms with E-state index < -0.39 is 0 Å². The van der Waals surface area contributed by atoms with Gasteiger partial charge in [-0.05, 0) is 25.2 Å². The van der Waals surface area contributed by atoms with Crippen LogP contribution in [-0.4, -0.2) is 37.5 Å². The van der Waals surface area contributed by atoms with E-state index in [1.165, 1.54) is 32.1 Å². The van der Waals surface area contributed by atoms with Gasteiger partial charge in [0.05, 0.1) is 6.54 Å². The van der Waals surface area contributed by atoms with Gasteiger partial charge in [0.25, 0.3) is 0 Å². The maximum atomic E-state index is 11.5. The Morgan fingerprint density at radius 1 is 1.31 bits per heavy atom. The highest BCUT2D eigenvalue weighted by Crippen LogP contribution is 2.27. The molecule has 0 radical (unpaired) electrons. The molecule has 94 valence electrons. The number of nitrogens with one attached hydrogen (secondary N) is 1. The third kappa shape index (κ3) is 4.12. The monoisotopic (exact) mass is 226 g/mol. The summed E-state index contributed by atoms with van der Waals surface area (Å²) >= 11 is 0. The molecule has 1 amide bonds. The highest BCUT2D eigenvalue weighted by atomic mass is 16.2. The molecule has 1 N–H and O–H groups in total. The molecule has 0 bridgehead atoms. The lowest BCUT2D eigenvalue weighted by Crippen LogP contribution is -2.42. The van der Waals surface area contributed by atoms with Gasteiger partial charge in [0.15, 0.2) is 0 Å². The minimum Gasteiger partial charge on any atom is -0.348 e. The Hall–Kier alpha value is -0.570. The molecule has 1 fully saturated rings. The Balaban J connectivity index is 2.33. The average molecular weight is 226 g/mol. The van der Waals surface area contributed by atoms with Crippen LogP contribution in [0.25, 0.3) is 0 Å². The molecular weight excluding hydrogens is 200 g/mol. The standard InChI is InChI=1S/C13H26N2O/c1-4-12(11-8-6-5-7-9-11)14-10-13(16)15(2)3/h11-12,14H,4-10H2,1-3H3. The van der Waals surface area contributed by atoms with Crippen molar-refractivity contribution in [2.45, 2.75) is 51.5 Å². The van der Waals surface area contributed by atoms with Crippen molar-refractivity contribution in [3.8, 4) is 0 Å². The Kier molecular flexibility index (Phi) is 5.81. The minimum absolute atomic E-state index is 0.175. The average Bonchev–Trinajstić information content (AvgIpc) is 2.30. The summed E-state index contributed by atoms with van der Waals surface area (Å²) in [6, 6.07) is 0.532. The molecule has 0 saturated heterocycles. The first-order chi connectivity index (χ1) is 7.65. The van der Waals surface area contributed by atoms with Gasteiger partial charge in [-0.2, -0.15) is 0 Å². The molecule has 1 saturated carbocycles. The number of nitrogens with zero attached hydrogens (tertiary/aromatic N) is 1. The molecule has 1 atom stereocenters. The fourth-order valence-electron chi connectivity index (χ4n) is 2.56. The van der Waals surface area contributed by atoms with Crippen molar-refractivity contribution in [1.82, 2.24) is 10.2 Å². The fourth-order valence-corrected chi connectivity index (χ4v) is 2.56. The van der Waals surface area contributed by atoms with Crippen molar-refractivity contribution in [2.24, 2.45) is 5.92 Å². The van der Waals surface area contributed by atoms with Crippen molar-refractivity contribution < 1.29 is 4.79 Å². The van der Waals surface area contributed by atoms with E-state index in [1.54, 1.807) is 4.90 Å². The normalized spacial score (nSPS) is 19.4. The summed E-state index contributed by atoms with van der Waals surface area (Å²) in [7, 11) is 3.62. The summed E-state index contributed by atoms with van der Waals surface area (Å²) in [6.45, 7) is 2.70. The van der Waals surface area contributed by atoms with Gasteiger partial charge in [0.1, 0.15) is 0 Å². The van der Waals surface area contributed by atoms with Crippen molar-refractivity contribution in [1.29, 1.82) is 0 Å². The number of hydrogen-bond donors (Lipinski definition) is 1. The second-order valence-corrected chi connectivity index (χ2v) is 5.08. The Morgan fingerprint density at radius 3 is 2.44 bits per heavy atom. The summed E-state index contributed by atoms with van der Waals surface area (Å²) < 4.78 is 0. The van der Waals surface area contributed by atoms with E-state index in [2.05, 4.69) is 12.2 Å². The van der Waals surface area contributed by atoms with Crippen LogP contribution in [0.5, 0.6) is 0 Å². The van der Waals surface area contributed by atoms with Crippen LogP contribution in [0.15, 0.2) is 0 Å². The second kappa shape index (κ2) is 6.89. The van der Waals surface area contributed by atoms with Gasteiger partial charge in [-0.1, -0.05) is 26.2 Å². The van der Waals surface area contributed by atoms with Gasteiger partial charge in [-0.15, -0.1) is 0 Å². The smallest absolute Gasteiger partial charge is 0.236 e. The van der Waals surface area contributed by atoms with E-state index in [4.69, 9.17) is 0 Å². The van der Waals surface area contributed by atoms with E-state index in [-0.39, 0.29) is 5.91 Å². The van der Waals surface area contributed by atoms with Gasteiger partial charge in [-0.25, -0.2) is 0 Å². The zero-order valence-electron chi connectivity index (χ0n) is 11.0. The van der Waals surface area contributed by atoms with E-state index in [9.17, 15) is 4.79 Å². The summed E-state index contributed by atoms with van der Waals surface area (Å²) in [4.78, 5) is 13.2. The van der Waals surface area contributed by atoms with Crippen LogP contribution in [0.4, 0.5) is 0 Å².